The summed E-state index contributed by atoms with van der Waals surface area (Å²) in [6, 6.07) is 2.30. The molecule has 2 atom stereocenters. The Morgan fingerprint density at radius 3 is 2.75 bits per heavy atom. The third-order valence-electron chi connectivity index (χ3n) is 5.44. The summed E-state index contributed by atoms with van der Waals surface area (Å²) in [5, 5.41) is 17.5. The normalized spacial score (nSPS) is 25.3. The molecule has 0 radical (unpaired) electrons. The molecule has 2 saturated carbocycles. The van der Waals surface area contributed by atoms with Crippen molar-refractivity contribution < 1.29 is 9.90 Å². The van der Waals surface area contributed by atoms with Crippen LogP contribution >= 0.6 is 0 Å². The first-order valence-corrected chi connectivity index (χ1v) is 9.33. The average molecular weight is 334 g/mol. The second kappa shape index (κ2) is 8.12. The molecule has 0 spiro atoms. The molecule has 2 N–H and O–H groups in total. The van der Waals surface area contributed by atoms with Gasteiger partial charge in [0.05, 0.1) is 24.9 Å². The largest absolute Gasteiger partial charge is 0.393 e. The number of carbonyl (C=O) groups excluding carboxylic acids is 1. The van der Waals surface area contributed by atoms with Crippen molar-refractivity contribution in [2.45, 2.75) is 63.5 Å². The second-order valence-electron chi connectivity index (χ2n) is 7.46. The number of nitrogens with zero attached hydrogens (tertiary/aromatic N) is 3. The lowest BCUT2D eigenvalue weighted by molar-refractivity contribution is -0.117. The summed E-state index contributed by atoms with van der Waals surface area (Å²) >= 11 is 0. The zero-order valence-electron chi connectivity index (χ0n) is 14.7. The highest BCUT2D eigenvalue weighted by Crippen LogP contribution is 2.31. The van der Waals surface area contributed by atoms with E-state index in [4.69, 9.17) is 0 Å². The fourth-order valence-corrected chi connectivity index (χ4v) is 4.15. The highest BCUT2D eigenvalue weighted by molar-refractivity contribution is 5.91. The predicted molar refractivity (Wildman–Crippen MR) is 93.8 cm³/mol. The first kappa shape index (κ1) is 17.4. The standard InChI is InChI=1S/C18H30N4O2/c1-21(12-14-6-2-5-9-16(14)23)13-18(24)20-17-10-11-19-22(17)15-7-3-4-8-15/h10-11,14-16,23H,2-9,12-13H2,1H3,(H,20,24). The van der Waals surface area contributed by atoms with Crippen LogP contribution in [0.25, 0.3) is 0 Å². The number of aliphatic hydroxyl groups excluding tert-OH is 1. The molecule has 6 nitrogen and oxygen atoms in total. The summed E-state index contributed by atoms with van der Waals surface area (Å²) in [6.45, 7) is 1.12. The van der Waals surface area contributed by atoms with Crippen molar-refractivity contribution in [1.82, 2.24) is 14.7 Å². The summed E-state index contributed by atoms with van der Waals surface area (Å²) in [4.78, 5) is 14.4. The number of hydrogen-bond acceptors (Lipinski definition) is 4. The highest BCUT2D eigenvalue weighted by atomic mass is 16.3. The number of rotatable bonds is 6. The van der Waals surface area contributed by atoms with Crippen LogP contribution < -0.4 is 5.32 Å². The first-order chi connectivity index (χ1) is 11.6. The van der Waals surface area contributed by atoms with E-state index in [1.165, 1.54) is 19.3 Å². The number of carbonyl (C=O) groups is 1. The number of aromatic nitrogens is 2. The Bertz CT molecular complexity index is 539. The molecule has 0 bridgehead atoms. The topological polar surface area (TPSA) is 70.4 Å². The maximum absolute atomic E-state index is 12.4. The maximum Gasteiger partial charge on any atom is 0.239 e. The quantitative estimate of drug-likeness (QED) is 0.838. The smallest absolute Gasteiger partial charge is 0.239 e. The summed E-state index contributed by atoms with van der Waals surface area (Å²) in [5.41, 5.74) is 0. The Morgan fingerprint density at radius 2 is 2.00 bits per heavy atom. The van der Waals surface area contributed by atoms with Gasteiger partial charge in [-0.3, -0.25) is 9.69 Å². The Kier molecular flexibility index (Phi) is 5.89. The van der Waals surface area contributed by atoms with Gasteiger partial charge in [0.25, 0.3) is 0 Å². The molecule has 3 rings (SSSR count). The van der Waals surface area contributed by atoms with Crippen molar-refractivity contribution in [2.75, 3.05) is 25.5 Å². The van der Waals surface area contributed by atoms with Crippen LogP contribution in [-0.4, -0.2) is 51.9 Å². The van der Waals surface area contributed by atoms with Crippen molar-refractivity contribution in [1.29, 1.82) is 0 Å². The molecular formula is C18H30N4O2. The number of aliphatic hydroxyl groups is 1. The van der Waals surface area contributed by atoms with Crippen molar-refractivity contribution >= 4 is 11.7 Å². The van der Waals surface area contributed by atoms with Gasteiger partial charge in [0.15, 0.2) is 0 Å². The van der Waals surface area contributed by atoms with Gasteiger partial charge in [-0.05, 0) is 38.6 Å². The number of anilines is 1. The maximum atomic E-state index is 12.4. The fraction of sp³-hybridized carbons (Fsp3) is 0.778. The molecule has 0 aliphatic heterocycles. The number of hydrogen-bond donors (Lipinski definition) is 2. The minimum Gasteiger partial charge on any atom is -0.393 e. The van der Waals surface area contributed by atoms with Gasteiger partial charge in [0, 0.05) is 12.6 Å². The van der Waals surface area contributed by atoms with Crippen LogP contribution in [0.3, 0.4) is 0 Å². The van der Waals surface area contributed by atoms with Crippen LogP contribution in [0.15, 0.2) is 12.3 Å². The van der Waals surface area contributed by atoms with E-state index in [9.17, 15) is 9.90 Å². The van der Waals surface area contributed by atoms with E-state index >= 15 is 0 Å². The van der Waals surface area contributed by atoms with Crippen LogP contribution in [-0.2, 0) is 4.79 Å². The molecule has 6 heteroatoms. The van der Waals surface area contributed by atoms with Gasteiger partial charge < -0.3 is 10.4 Å². The molecule has 134 valence electrons. The van der Waals surface area contributed by atoms with Crippen LogP contribution in [0, 0.1) is 5.92 Å². The lowest BCUT2D eigenvalue weighted by Gasteiger charge is -2.31. The Hall–Kier alpha value is -1.40. The molecule has 2 aliphatic carbocycles. The third kappa shape index (κ3) is 4.36. The Morgan fingerprint density at radius 1 is 1.29 bits per heavy atom. The van der Waals surface area contributed by atoms with Crippen molar-refractivity contribution in [3.8, 4) is 0 Å². The Balaban J connectivity index is 1.49. The number of likely N-dealkylation sites (N-methyl/N-ethyl adjacent to an activating group) is 1. The van der Waals surface area contributed by atoms with Crippen LogP contribution in [0.2, 0.25) is 0 Å². The number of amides is 1. The van der Waals surface area contributed by atoms with E-state index in [0.717, 1.165) is 44.5 Å². The van der Waals surface area contributed by atoms with E-state index in [0.29, 0.717) is 18.5 Å². The van der Waals surface area contributed by atoms with Gasteiger partial charge in [0.2, 0.25) is 5.91 Å². The molecule has 1 amide bonds. The van der Waals surface area contributed by atoms with Gasteiger partial charge in [-0.2, -0.15) is 5.10 Å². The predicted octanol–water partition coefficient (Wildman–Crippen LogP) is 2.42. The molecule has 0 aromatic carbocycles. The van der Waals surface area contributed by atoms with E-state index in [1.807, 2.05) is 22.7 Å². The molecule has 1 heterocycles. The van der Waals surface area contributed by atoms with Gasteiger partial charge in [0.1, 0.15) is 5.82 Å². The molecule has 24 heavy (non-hydrogen) atoms. The molecule has 2 unspecified atom stereocenters. The monoisotopic (exact) mass is 334 g/mol. The lowest BCUT2D eigenvalue weighted by atomic mass is 9.86. The van der Waals surface area contributed by atoms with Crippen molar-refractivity contribution in [3.05, 3.63) is 12.3 Å². The van der Waals surface area contributed by atoms with Crippen LogP contribution in [0.5, 0.6) is 0 Å². The third-order valence-corrected chi connectivity index (χ3v) is 5.44. The van der Waals surface area contributed by atoms with Crippen molar-refractivity contribution in [2.24, 2.45) is 5.92 Å². The Labute approximate surface area is 144 Å². The molecule has 1 aromatic rings. The van der Waals surface area contributed by atoms with Crippen LogP contribution in [0.4, 0.5) is 5.82 Å². The minimum absolute atomic E-state index is 0.0115. The average Bonchev–Trinajstić information content (AvgIpc) is 3.20. The molecule has 2 fully saturated rings. The second-order valence-corrected chi connectivity index (χ2v) is 7.46. The zero-order chi connectivity index (χ0) is 16.9. The van der Waals surface area contributed by atoms with E-state index in [2.05, 4.69) is 10.4 Å². The summed E-state index contributed by atoms with van der Waals surface area (Å²) < 4.78 is 1.97. The van der Waals surface area contributed by atoms with Gasteiger partial charge in [-0.15, -0.1) is 0 Å². The van der Waals surface area contributed by atoms with E-state index < -0.39 is 0 Å². The van der Waals surface area contributed by atoms with E-state index in [1.54, 1.807) is 6.20 Å². The number of nitrogens with one attached hydrogen (secondary N) is 1. The molecule has 1 aromatic heterocycles. The summed E-state index contributed by atoms with van der Waals surface area (Å²) in [6.07, 6.45) is 10.6. The summed E-state index contributed by atoms with van der Waals surface area (Å²) in [5.74, 6) is 1.08. The molecule has 2 aliphatic rings. The SMILES string of the molecule is CN(CC(=O)Nc1ccnn1C1CCCC1)CC1CCCCC1O. The van der Waals surface area contributed by atoms with Gasteiger partial charge in [-0.25, -0.2) is 4.68 Å². The van der Waals surface area contributed by atoms with Crippen LogP contribution in [0.1, 0.15) is 57.4 Å². The zero-order valence-corrected chi connectivity index (χ0v) is 14.7. The minimum atomic E-state index is -0.215. The van der Waals surface area contributed by atoms with Gasteiger partial charge >= 0.3 is 0 Å². The fourth-order valence-electron chi connectivity index (χ4n) is 4.15. The van der Waals surface area contributed by atoms with E-state index in [-0.39, 0.29) is 12.0 Å². The molecule has 0 saturated heterocycles. The highest BCUT2D eigenvalue weighted by Gasteiger charge is 2.25. The molecular weight excluding hydrogens is 304 g/mol. The first-order valence-electron chi connectivity index (χ1n) is 9.33. The van der Waals surface area contributed by atoms with Crippen molar-refractivity contribution in [3.63, 3.8) is 0 Å². The van der Waals surface area contributed by atoms with Gasteiger partial charge in [-0.1, -0.05) is 25.7 Å². The summed E-state index contributed by atoms with van der Waals surface area (Å²) in [7, 11) is 1.95. The lowest BCUT2D eigenvalue weighted by Crippen LogP contribution is -2.38.